The maximum Gasteiger partial charge on any atom is 0.269 e. The minimum absolute atomic E-state index is 0.0250. The first-order valence-electron chi connectivity index (χ1n) is 5.72. The third-order valence-electron chi connectivity index (χ3n) is 3.55. The van der Waals surface area contributed by atoms with Crippen LogP contribution in [0, 0.1) is 0 Å². The highest BCUT2D eigenvalue weighted by Crippen LogP contribution is 2.55. The molecule has 1 aromatic rings. The van der Waals surface area contributed by atoms with Crippen molar-refractivity contribution >= 4 is 5.91 Å². The van der Waals surface area contributed by atoms with Crippen LogP contribution in [0.4, 0.5) is 0 Å². The van der Waals surface area contributed by atoms with Gasteiger partial charge < -0.3 is 15.2 Å². The van der Waals surface area contributed by atoms with Gasteiger partial charge in [0.15, 0.2) is 0 Å². The largest absolute Gasteiger partial charge is 0.381 e. The Hall–Kier alpha value is -1.40. The average molecular weight is 237 g/mol. The molecule has 0 aliphatic carbocycles. The van der Waals surface area contributed by atoms with E-state index < -0.39 is 5.91 Å². The second-order valence-corrected chi connectivity index (χ2v) is 4.62. The van der Waals surface area contributed by atoms with Crippen molar-refractivity contribution in [3.63, 3.8) is 0 Å². The second-order valence-electron chi connectivity index (χ2n) is 4.62. The van der Waals surface area contributed by atoms with Gasteiger partial charge in [0, 0.05) is 33.1 Å². The monoisotopic (exact) mass is 237 g/mol. The lowest BCUT2D eigenvalue weighted by atomic mass is 9.94. The number of aromatic nitrogens is 2. The molecule has 2 N–H and O–H groups in total. The van der Waals surface area contributed by atoms with Crippen LogP contribution in [0.15, 0.2) is 6.07 Å². The fraction of sp³-hybridized carbons (Fsp3) is 0.636. The Morgan fingerprint density at radius 1 is 1.59 bits per heavy atom. The van der Waals surface area contributed by atoms with Gasteiger partial charge in [-0.25, -0.2) is 0 Å². The first-order valence-corrected chi connectivity index (χ1v) is 5.72. The number of nitrogens with zero attached hydrogens (tertiary/aromatic N) is 2. The molecule has 92 valence electrons. The number of epoxide rings is 1. The molecule has 3 heterocycles. The molecular weight excluding hydrogens is 222 g/mol. The molecule has 6 nitrogen and oxygen atoms in total. The molecule has 1 unspecified atom stereocenters. The fourth-order valence-electron chi connectivity index (χ4n) is 2.48. The van der Waals surface area contributed by atoms with Crippen LogP contribution < -0.4 is 5.73 Å². The minimum atomic E-state index is -0.506. The van der Waals surface area contributed by atoms with E-state index in [0.29, 0.717) is 5.69 Å². The summed E-state index contributed by atoms with van der Waals surface area (Å²) in [7, 11) is 1.80. The van der Waals surface area contributed by atoms with Crippen LogP contribution in [0.2, 0.25) is 0 Å². The summed E-state index contributed by atoms with van der Waals surface area (Å²) in [6.45, 7) is 1.47. The Balaban J connectivity index is 1.84. The van der Waals surface area contributed by atoms with Crippen molar-refractivity contribution in [2.45, 2.75) is 24.5 Å². The van der Waals surface area contributed by atoms with E-state index in [1.54, 1.807) is 17.8 Å². The Bertz CT molecular complexity index is 463. The van der Waals surface area contributed by atoms with Crippen molar-refractivity contribution in [3.05, 3.63) is 17.5 Å². The lowest BCUT2D eigenvalue weighted by Crippen LogP contribution is -2.24. The number of primary amides is 1. The summed E-state index contributed by atoms with van der Waals surface area (Å²) in [4.78, 5) is 11.1. The number of aryl methyl sites for hydroxylation is 1. The summed E-state index contributed by atoms with van der Waals surface area (Å²) in [6.07, 6.45) is 1.82. The van der Waals surface area contributed by atoms with Gasteiger partial charge >= 0.3 is 0 Å². The van der Waals surface area contributed by atoms with Gasteiger partial charge in [-0.2, -0.15) is 5.10 Å². The topological polar surface area (TPSA) is 82.7 Å². The summed E-state index contributed by atoms with van der Waals surface area (Å²) in [5.74, 6) is -0.506. The maximum atomic E-state index is 11.1. The molecule has 3 rings (SSSR count). The van der Waals surface area contributed by atoms with Crippen molar-refractivity contribution in [3.8, 4) is 0 Å². The van der Waals surface area contributed by atoms with Gasteiger partial charge in [0.05, 0.1) is 5.69 Å². The molecule has 1 aromatic heterocycles. The smallest absolute Gasteiger partial charge is 0.269 e. The number of amides is 1. The third kappa shape index (κ3) is 1.64. The quantitative estimate of drug-likeness (QED) is 0.742. The predicted octanol–water partition coefficient (Wildman–Crippen LogP) is 0.139. The van der Waals surface area contributed by atoms with Crippen molar-refractivity contribution in [1.29, 1.82) is 0 Å². The van der Waals surface area contributed by atoms with Gasteiger partial charge in [0.2, 0.25) is 0 Å². The SMILES string of the molecule is Cn1nc(C(N)=O)cc1C1OC12CCOCC2. The highest BCUT2D eigenvalue weighted by molar-refractivity contribution is 5.90. The zero-order chi connectivity index (χ0) is 12.0. The Labute approximate surface area is 98.7 Å². The van der Waals surface area contributed by atoms with E-state index in [-0.39, 0.29) is 11.7 Å². The lowest BCUT2D eigenvalue weighted by Gasteiger charge is -2.18. The Morgan fingerprint density at radius 3 is 2.88 bits per heavy atom. The normalized spacial score (nSPS) is 26.1. The summed E-state index contributed by atoms with van der Waals surface area (Å²) < 4.78 is 12.8. The summed E-state index contributed by atoms with van der Waals surface area (Å²) in [5, 5.41) is 4.08. The first-order chi connectivity index (χ1) is 8.12. The molecule has 0 saturated carbocycles. The van der Waals surface area contributed by atoms with E-state index in [4.69, 9.17) is 15.2 Å². The van der Waals surface area contributed by atoms with Crippen LogP contribution in [0.3, 0.4) is 0 Å². The van der Waals surface area contributed by atoms with E-state index >= 15 is 0 Å². The van der Waals surface area contributed by atoms with E-state index in [1.807, 2.05) is 0 Å². The Morgan fingerprint density at radius 2 is 2.29 bits per heavy atom. The number of carbonyl (C=O) groups excluding carboxylic acids is 1. The molecule has 2 aliphatic rings. The second kappa shape index (κ2) is 3.54. The predicted molar refractivity (Wildman–Crippen MR) is 58.3 cm³/mol. The molecule has 6 heteroatoms. The van der Waals surface area contributed by atoms with Gasteiger partial charge in [0.25, 0.3) is 5.91 Å². The highest BCUT2D eigenvalue weighted by atomic mass is 16.6. The molecule has 0 aromatic carbocycles. The number of hydrogen-bond acceptors (Lipinski definition) is 4. The van der Waals surface area contributed by atoms with Crippen LogP contribution in [0.5, 0.6) is 0 Å². The van der Waals surface area contributed by atoms with Crippen LogP contribution in [-0.2, 0) is 16.5 Å². The van der Waals surface area contributed by atoms with Gasteiger partial charge in [-0.1, -0.05) is 0 Å². The molecule has 1 atom stereocenters. The van der Waals surface area contributed by atoms with Crippen molar-refractivity contribution in [2.75, 3.05) is 13.2 Å². The number of carbonyl (C=O) groups is 1. The molecule has 2 saturated heterocycles. The molecule has 1 spiro atoms. The van der Waals surface area contributed by atoms with Gasteiger partial charge in [-0.3, -0.25) is 9.48 Å². The Kier molecular flexibility index (Phi) is 2.24. The molecule has 0 radical (unpaired) electrons. The standard InChI is InChI=1S/C11H15N3O3/c1-14-8(6-7(13-14)10(12)15)9-11(17-9)2-4-16-5-3-11/h6,9H,2-5H2,1H3,(H2,12,15). The third-order valence-corrected chi connectivity index (χ3v) is 3.55. The van der Waals surface area contributed by atoms with E-state index in [9.17, 15) is 4.79 Å². The molecule has 1 amide bonds. The summed E-state index contributed by atoms with van der Waals surface area (Å²) in [5.41, 5.74) is 6.32. The first kappa shape index (κ1) is 10.7. The van der Waals surface area contributed by atoms with Crippen LogP contribution in [0.25, 0.3) is 0 Å². The van der Waals surface area contributed by atoms with Gasteiger partial charge in [-0.05, 0) is 6.07 Å². The van der Waals surface area contributed by atoms with Crippen molar-refractivity contribution < 1.29 is 14.3 Å². The van der Waals surface area contributed by atoms with Crippen LogP contribution in [0.1, 0.15) is 35.1 Å². The molecule has 2 aliphatic heterocycles. The molecule has 2 fully saturated rings. The van der Waals surface area contributed by atoms with E-state index in [2.05, 4.69) is 5.10 Å². The number of rotatable bonds is 2. The number of nitrogens with two attached hydrogens (primary N) is 1. The summed E-state index contributed by atoms with van der Waals surface area (Å²) in [6, 6.07) is 1.72. The van der Waals surface area contributed by atoms with E-state index in [1.165, 1.54) is 0 Å². The average Bonchev–Trinajstić information content (AvgIpc) is 2.82. The van der Waals surface area contributed by atoms with Gasteiger partial charge in [-0.15, -0.1) is 0 Å². The molecule has 17 heavy (non-hydrogen) atoms. The number of ether oxygens (including phenoxy) is 2. The van der Waals surface area contributed by atoms with Crippen molar-refractivity contribution in [1.82, 2.24) is 9.78 Å². The van der Waals surface area contributed by atoms with Crippen LogP contribution in [-0.4, -0.2) is 34.5 Å². The molecule has 0 bridgehead atoms. The minimum Gasteiger partial charge on any atom is -0.381 e. The van der Waals surface area contributed by atoms with Gasteiger partial charge in [0.1, 0.15) is 17.4 Å². The zero-order valence-electron chi connectivity index (χ0n) is 9.68. The lowest BCUT2D eigenvalue weighted by molar-refractivity contribution is 0.0494. The fourth-order valence-corrected chi connectivity index (χ4v) is 2.48. The van der Waals surface area contributed by atoms with Crippen molar-refractivity contribution in [2.24, 2.45) is 12.8 Å². The summed E-state index contributed by atoms with van der Waals surface area (Å²) >= 11 is 0. The molecular formula is C11H15N3O3. The van der Waals surface area contributed by atoms with E-state index in [0.717, 1.165) is 31.7 Å². The van der Waals surface area contributed by atoms with Crippen LogP contribution >= 0.6 is 0 Å². The zero-order valence-corrected chi connectivity index (χ0v) is 9.68. The maximum absolute atomic E-state index is 11.1. The highest BCUT2D eigenvalue weighted by Gasteiger charge is 2.58. The number of hydrogen-bond donors (Lipinski definition) is 1.